The van der Waals surface area contributed by atoms with Crippen LogP contribution in [0.25, 0.3) is 0 Å². The average molecular weight is 238 g/mol. The Morgan fingerprint density at radius 1 is 1.18 bits per heavy atom. The zero-order valence-electron chi connectivity index (χ0n) is 10.8. The van der Waals surface area contributed by atoms with Gasteiger partial charge in [0, 0.05) is 17.5 Å². The first-order valence-corrected chi connectivity index (χ1v) is 5.74. The third-order valence-corrected chi connectivity index (χ3v) is 3.20. The first kappa shape index (κ1) is 13.8. The number of benzene rings is 1. The van der Waals surface area contributed by atoms with E-state index in [9.17, 15) is 0 Å². The monoisotopic (exact) mass is 238 g/mol. The molecule has 1 unspecified atom stereocenters. The Hall–Kier alpha value is -1.26. The fourth-order valence-corrected chi connectivity index (χ4v) is 1.95. The summed E-state index contributed by atoms with van der Waals surface area (Å²) in [5.41, 5.74) is 12.4. The van der Waals surface area contributed by atoms with E-state index < -0.39 is 0 Å². The minimum absolute atomic E-state index is 0.186. The lowest BCUT2D eigenvalue weighted by molar-refractivity contribution is 0.371. The Balaban J connectivity index is 3.24. The first-order chi connectivity index (χ1) is 8.11. The Labute approximate surface area is 103 Å². The van der Waals surface area contributed by atoms with Gasteiger partial charge in [0.05, 0.1) is 14.2 Å². The van der Waals surface area contributed by atoms with E-state index >= 15 is 0 Å². The fraction of sp³-hybridized carbons (Fsp3) is 0.538. The summed E-state index contributed by atoms with van der Waals surface area (Å²) >= 11 is 0. The summed E-state index contributed by atoms with van der Waals surface area (Å²) in [6.07, 6.45) is 0.813. The van der Waals surface area contributed by atoms with Gasteiger partial charge in [0.25, 0.3) is 0 Å². The van der Waals surface area contributed by atoms with Crippen molar-refractivity contribution >= 4 is 0 Å². The molecule has 1 rings (SSSR count). The van der Waals surface area contributed by atoms with Crippen molar-refractivity contribution in [1.29, 1.82) is 0 Å². The highest BCUT2D eigenvalue weighted by Crippen LogP contribution is 2.36. The van der Waals surface area contributed by atoms with Crippen molar-refractivity contribution in [3.8, 4) is 11.5 Å². The van der Waals surface area contributed by atoms with Crippen LogP contribution in [0.5, 0.6) is 11.5 Å². The molecule has 0 aliphatic carbocycles. The van der Waals surface area contributed by atoms with Gasteiger partial charge in [-0.25, -0.2) is 0 Å². The van der Waals surface area contributed by atoms with E-state index in [1.165, 1.54) is 0 Å². The minimum atomic E-state index is -0.186. The molecular formula is C13H22N2O2. The molecule has 0 aliphatic rings. The lowest BCUT2D eigenvalue weighted by Gasteiger charge is -2.30. The van der Waals surface area contributed by atoms with E-state index in [4.69, 9.17) is 20.9 Å². The molecule has 0 bridgehead atoms. The van der Waals surface area contributed by atoms with Gasteiger partial charge in [-0.15, -0.1) is 0 Å². The molecule has 0 heterocycles. The van der Waals surface area contributed by atoms with Gasteiger partial charge < -0.3 is 20.9 Å². The maximum absolute atomic E-state index is 5.89. The molecule has 1 aromatic carbocycles. The number of nitrogens with two attached hydrogens (primary N) is 2. The van der Waals surface area contributed by atoms with Crippen molar-refractivity contribution in [2.24, 2.45) is 11.5 Å². The standard InChI is InChI=1S/C13H22N2O2/c1-13(9-15,6-7-14)11-8-10(16-2)4-5-12(11)17-3/h4-5,8H,6-7,9,14-15H2,1-3H3. The molecular weight excluding hydrogens is 216 g/mol. The second kappa shape index (κ2) is 5.89. The van der Waals surface area contributed by atoms with E-state index in [0.29, 0.717) is 13.1 Å². The van der Waals surface area contributed by atoms with Crippen LogP contribution in [0, 0.1) is 0 Å². The summed E-state index contributed by atoms with van der Waals surface area (Å²) in [5, 5.41) is 0. The number of hydrogen-bond acceptors (Lipinski definition) is 4. The molecule has 1 atom stereocenters. The van der Waals surface area contributed by atoms with Crippen molar-refractivity contribution in [3.63, 3.8) is 0 Å². The van der Waals surface area contributed by atoms with E-state index in [-0.39, 0.29) is 5.41 Å². The zero-order chi connectivity index (χ0) is 12.9. The van der Waals surface area contributed by atoms with Crippen molar-refractivity contribution in [2.75, 3.05) is 27.3 Å². The predicted molar refractivity (Wildman–Crippen MR) is 69.6 cm³/mol. The lowest BCUT2D eigenvalue weighted by atomic mass is 9.79. The van der Waals surface area contributed by atoms with Gasteiger partial charge in [0.15, 0.2) is 0 Å². The van der Waals surface area contributed by atoms with E-state index in [0.717, 1.165) is 23.5 Å². The smallest absolute Gasteiger partial charge is 0.122 e. The Morgan fingerprint density at radius 3 is 2.35 bits per heavy atom. The van der Waals surface area contributed by atoms with Gasteiger partial charge >= 0.3 is 0 Å². The zero-order valence-corrected chi connectivity index (χ0v) is 10.8. The molecule has 0 spiro atoms. The molecule has 4 N–H and O–H groups in total. The van der Waals surface area contributed by atoms with Gasteiger partial charge in [0.2, 0.25) is 0 Å². The highest BCUT2D eigenvalue weighted by Gasteiger charge is 2.28. The van der Waals surface area contributed by atoms with E-state index in [1.54, 1.807) is 14.2 Å². The predicted octanol–water partition coefficient (Wildman–Crippen LogP) is 1.27. The molecule has 0 aromatic heterocycles. The number of rotatable bonds is 6. The summed E-state index contributed by atoms with van der Waals surface area (Å²) < 4.78 is 10.6. The van der Waals surface area contributed by atoms with Crippen molar-refractivity contribution < 1.29 is 9.47 Å². The van der Waals surface area contributed by atoms with Gasteiger partial charge in [-0.2, -0.15) is 0 Å². The molecule has 4 nitrogen and oxygen atoms in total. The van der Waals surface area contributed by atoms with Crippen LogP contribution in [0.15, 0.2) is 18.2 Å². The second-order valence-electron chi connectivity index (χ2n) is 4.37. The van der Waals surface area contributed by atoms with Crippen molar-refractivity contribution in [1.82, 2.24) is 0 Å². The summed E-state index contributed by atoms with van der Waals surface area (Å²) in [4.78, 5) is 0. The fourth-order valence-electron chi connectivity index (χ4n) is 1.95. The van der Waals surface area contributed by atoms with E-state index in [1.807, 2.05) is 18.2 Å². The first-order valence-electron chi connectivity index (χ1n) is 5.74. The SMILES string of the molecule is COc1ccc(OC)c(C(C)(CN)CCN)c1. The topological polar surface area (TPSA) is 70.5 Å². The normalized spacial score (nSPS) is 14.2. The van der Waals surface area contributed by atoms with Gasteiger partial charge in [-0.05, 0) is 31.2 Å². The average Bonchev–Trinajstić information content (AvgIpc) is 2.38. The van der Waals surface area contributed by atoms with Crippen LogP contribution >= 0.6 is 0 Å². The highest BCUT2D eigenvalue weighted by molar-refractivity contribution is 5.45. The molecule has 0 saturated heterocycles. The molecule has 0 saturated carbocycles. The molecule has 0 fully saturated rings. The summed E-state index contributed by atoms with van der Waals surface area (Å²) in [6, 6.07) is 5.75. The molecule has 0 radical (unpaired) electrons. The van der Waals surface area contributed by atoms with Crippen LogP contribution in [0.4, 0.5) is 0 Å². The summed E-state index contributed by atoms with van der Waals surface area (Å²) in [5.74, 6) is 1.63. The number of ether oxygens (including phenoxy) is 2. The quantitative estimate of drug-likeness (QED) is 0.783. The van der Waals surface area contributed by atoms with Gasteiger partial charge in [-0.3, -0.25) is 0 Å². The van der Waals surface area contributed by atoms with Crippen LogP contribution in [-0.4, -0.2) is 27.3 Å². The second-order valence-corrected chi connectivity index (χ2v) is 4.37. The van der Waals surface area contributed by atoms with Crippen LogP contribution in [0.1, 0.15) is 18.9 Å². The molecule has 4 heteroatoms. The van der Waals surface area contributed by atoms with Crippen molar-refractivity contribution in [3.05, 3.63) is 23.8 Å². The summed E-state index contributed by atoms with van der Waals surface area (Å²) in [7, 11) is 3.30. The molecule has 1 aromatic rings. The van der Waals surface area contributed by atoms with Crippen LogP contribution in [-0.2, 0) is 5.41 Å². The largest absolute Gasteiger partial charge is 0.497 e. The van der Waals surface area contributed by atoms with Gasteiger partial charge in [-0.1, -0.05) is 6.92 Å². The lowest BCUT2D eigenvalue weighted by Crippen LogP contribution is -2.34. The van der Waals surface area contributed by atoms with Crippen LogP contribution in [0.2, 0.25) is 0 Å². The maximum Gasteiger partial charge on any atom is 0.122 e. The Kier molecular flexibility index (Phi) is 4.78. The van der Waals surface area contributed by atoms with E-state index in [2.05, 4.69) is 6.92 Å². The maximum atomic E-state index is 5.89. The molecule has 0 aliphatic heterocycles. The van der Waals surface area contributed by atoms with Crippen LogP contribution in [0.3, 0.4) is 0 Å². The summed E-state index contributed by atoms with van der Waals surface area (Å²) in [6.45, 7) is 3.21. The third kappa shape index (κ3) is 2.90. The van der Waals surface area contributed by atoms with Crippen LogP contribution < -0.4 is 20.9 Å². The third-order valence-electron chi connectivity index (χ3n) is 3.20. The number of methoxy groups -OCH3 is 2. The minimum Gasteiger partial charge on any atom is -0.497 e. The highest BCUT2D eigenvalue weighted by atomic mass is 16.5. The Morgan fingerprint density at radius 2 is 1.88 bits per heavy atom. The Bertz CT molecular complexity index is 368. The van der Waals surface area contributed by atoms with Crippen molar-refractivity contribution in [2.45, 2.75) is 18.8 Å². The molecule has 96 valence electrons. The molecule has 17 heavy (non-hydrogen) atoms. The number of hydrogen-bond donors (Lipinski definition) is 2. The van der Waals surface area contributed by atoms with Gasteiger partial charge in [0.1, 0.15) is 11.5 Å². The molecule has 0 amide bonds.